The van der Waals surface area contributed by atoms with Gasteiger partial charge in [-0.1, -0.05) is 48.0 Å². The Morgan fingerprint density at radius 2 is 1.85 bits per heavy atom. The van der Waals surface area contributed by atoms with E-state index in [0.29, 0.717) is 6.54 Å². The predicted octanol–water partition coefficient (Wildman–Crippen LogP) is 4.00. The standard InChI is InChI=1S/C17H21ClN2/c1-12-10-15(18)8-9-16(12)17(11-19)20-13(2)14-6-4-3-5-7-14/h3-10,13,17,20H,11,19H2,1-2H3. The van der Waals surface area contributed by atoms with Gasteiger partial charge in [0, 0.05) is 23.7 Å². The molecular formula is C17H21ClN2. The zero-order valence-electron chi connectivity index (χ0n) is 11.9. The molecule has 0 saturated carbocycles. The highest BCUT2D eigenvalue weighted by Gasteiger charge is 2.15. The first-order chi connectivity index (χ1) is 9.61. The summed E-state index contributed by atoms with van der Waals surface area (Å²) in [7, 11) is 0. The summed E-state index contributed by atoms with van der Waals surface area (Å²) in [4.78, 5) is 0. The largest absolute Gasteiger partial charge is 0.329 e. The summed E-state index contributed by atoms with van der Waals surface area (Å²) in [5.74, 6) is 0. The van der Waals surface area contributed by atoms with Crippen molar-refractivity contribution in [1.82, 2.24) is 5.32 Å². The highest BCUT2D eigenvalue weighted by molar-refractivity contribution is 6.30. The van der Waals surface area contributed by atoms with E-state index in [1.54, 1.807) is 0 Å². The molecule has 2 rings (SSSR count). The van der Waals surface area contributed by atoms with Gasteiger partial charge in [-0.2, -0.15) is 0 Å². The monoisotopic (exact) mass is 288 g/mol. The van der Waals surface area contributed by atoms with E-state index in [-0.39, 0.29) is 12.1 Å². The van der Waals surface area contributed by atoms with E-state index in [1.807, 2.05) is 18.2 Å². The Bertz CT molecular complexity index is 554. The molecule has 2 aromatic carbocycles. The van der Waals surface area contributed by atoms with Gasteiger partial charge in [0.2, 0.25) is 0 Å². The van der Waals surface area contributed by atoms with Gasteiger partial charge in [0.15, 0.2) is 0 Å². The molecule has 0 bridgehead atoms. The molecule has 0 spiro atoms. The molecule has 2 nitrogen and oxygen atoms in total. The van der Waals surface area contributed by atoms with Gasteiger partial charge in [0.1, 0.15) is 0 Å². The fourth-order valence-corrected chi connectivity index (χ4v) is 2.68. The maximum absolute atomic E-state index is 6.01. The average Bonchev–Trinajstić information content (AvgIpc) is 2.46. The Kier molecular flexibility index (Phi) is 5.18. The molecule has 2 aromatic rings. The second kappa shape index (κ2) is 6.89. The van der Waals surface area contributed by atoms with Gasteiger partial charge >= 0.3 is 0 Å². The minimum absolute atomic E-state index is 0.127. The van der Waals surface area contributed by atoms with Crippen LogP contribution in [0, 0.1) is 6.92 Å². The van der Waals surface area contributed by atoms with Crippen LogP contribution in [0.1, 0.15) is 35.7 Å². The minimum Gasteiger partial charge on any atom is -0.329 e. The lowest BCUT2D eigenvalue weighted by Gasteiger charge is -2.24. The van der Waals surface area contributed by atoms with Crippen LogP contribution in [-0.4, -0.2) is 6.54 Å². The highest BCUT2D eigenvalue weighted by atomic mass is 35.5. The zero-order chi connectivity index (χ0) is 14.5. The molecule has 0 aliphatic heterocycles. The van der Waals surface area contributed by atoms with Crippen molar-refractivity contribution in [3.8, 4) is 0 Å². The summed E-state index contributed by atoms with van der Waals surface area (Å²) >= 11 is 6.01. The molecule has 0 aromatic heterocycles. The number of nitrogens with two attached hydrogens (primary N) is 1. The summed E-state index contributed by atoms with van der Waals surface area (Å²) in [6.45, 7) is 4.78. The highest BCUT2D eigenvalue weighted by Crippen LogP contribution is 2.23. The van der Waals surface area contributed by atoms with Crippen molar-refractivity contribution in [2.45, 2.75) is 25.9 Å². The Hall–Kier alpha value is -1.35. The molecule has 106 valence electrons. The van der Waals surface area contributed by atoms with Crippen molar-refractivity contribution < 1.29 is 0 Å². The second-order valence-corrected chi connectivity index (χ2v) is 5.52. The lowest BCUT2D eigenvalue weighted by atomic mass is 9.99. The second-order valence-electron chi connectivity index (χ2n) is 5.09. The predicted molar refractivity (Wildman–Crippen MR) is 86.0 cm³/mol. The molecule has 0 amide bonds. The maximum atomic E-state index is 6.01. The normalized spacial score (nSPS) is 14.0. The van der Waals surface area contributed by atoms with Crippen LogP contribution < -0.4 is 11.1 Å². The van der Waals surface area contributed by atoms with E-state index in [0.717, 1.165) is 5.02 Å². The minimum atomic E-state index is 0.127. The molecule has 0 fully saturated rings. The lowest BCUT2D eigenvalue weighted by molar-refractivity contribution is 0.472. The number of nitrogens with one attached hydrogen (secondary N) is 1. The van der Waals surface area contributed by atoms with Crippen LogP contribution in [0.15, 0.2) is 48.5 Å². The van der Waals surface area contributed by atoms with Crippen LogP contribution >= 0.6 is 11.6 Å². The van der Waals surface area contributed by atoms with E-state index in [4.69, 9.17) is 17.3 Å². The quantitative estimate of drug-likeness (QED) is 0.873. The molecular weight excluding hydrogens is 268 g/mol. The van der Waals surface area contributed by atoms with Crippen molar-refractivity contribution in [2.24, 2.45) is 5.73 Å². The third-order valence-electron chi connectivity index (χ3n) is 3.59. The molecule has 20 heavy (non-hydrogen) atoms. The molecule has 3 N–H and O–H groups in total. The van der Waals surface area contributed by atoms with Gasteiger partial charge in [-0.05, 0) is 42.7 Å². The van der Waals surface area contributed by atoms with Crippen molar-refractivity contribution in [1.29, 1.82) is 0 Å². The van der Waals surface area contributed by atoms with Gasteiger partial charge in [-0.3, -0.25) is 0 Å². The number of rotatable bonds is 5. The maximum Gasteiger partial charge on any atom is 0.0451 e. The number of hydrogen-bond acceptors (Lipinski definition) is 2. The van der Waals surface area contributed by atoms with Crippen LogP contribution in [0.4, 0.5) is 0 Å². The van der Waals surface area contributed by atoms with E-state index >= 15 is 0 Å². The number of aryl methyl sites for hydroxylation is 1. The van der Waals surface area contributed by atoms with Gasteiger partial charge in [0.05, 0.1) is 0 Å². The summed E-state index contributed by atoms with van der Waals surface area (Å²) in [5.41, 5.74) is 9.58. The van der Waals surface area contributed by atoms with Gasteiger partial charge in [-0.25, -0.2) is 0 Å². The fourth-order valence-electron chi connectivity index (χ4n) is 2.45. The average molecular weight is 289 g/mol. The molecule has 0 heterocycles. The molecule has 0 aliphatic rings. The molecule has 0 aliphatic carbocycles. The molecule has 2 unspecified atom stereocenters. The number of benzene rings is 2. The van der Waals surface area contributed by atoms with Crippen LogP contribution in [0.5, 0.6) is 0 Å². The first kappa shape index (κ1) is 15.0. The SMILES string of the molecule is Cc1cc(Cl)ccc1C(CN)NC(C)c1ccccc1. The third kappa shape index (κ3) is 3.60. The first-order valence-corrected chi connectivity index (χ1v) is 7.26. The first-order valence-electron chi connectivity index (χ1n) is 6.89. The van der Waals surface area contributed by atoms with Gasteiger partial charge < -0.3 is 11.1 Å². The number of hydrogen-bond donors (Lipinski definition) is 2. The van der Waals surface area contributed by atoms with Crippen molar-refractivity contribution >= 4 is 11.6 Å². The summed E-state index contributed by atoms with van der Waals surface area (Å²) in [5, 5.41) is 4.35. The van der Waals surface area contributed by atoms with Crippen LogP contribution in [0.2, 0.25) is 5.02 Å². The van der Waals surface area contributed by atoms with E-state index in [2.05, 4.69) is 49.5 Å². The van der Waals surface area contributed by atoms with E-state index < -0.39 is 0 Å². The van der Waals surface area contributed by atoms with Crippen molar-refractivity contribution in [3.63, 3.8) is 0 Å². The van der Waals surface area contributed by atoms with Crippen LogP contribution in [0.25, 0.3) is 0 Å². The lowest BCUT2D eigenvalue weighted by Crippen LogP contribution is -2.31. The molecule has 0 radical (unpaired) electrons. The van der Waals surface area contributed by atoms with Crippen molar-refractivity contribution in [2.75, 3.05) is 6.54 Å². The Morgan fingerprint density at radius 3 is 2.45 bits per heavy atom. The molecule has 0 saturated heterocycles. The fraction of sp³-hybridized carbons (Fsp3) is 0.294. The number of halogens is 1. The van der Waals surface area contributed by atoms with Gasteiger partial charge in [-0.15, -0.1) is 0 Å². The van der Waals surface area contributed by atoms with E-state index in [1.165, 1.54) is 16.7 Å². The Morgan fingerprint density at radius 1 is 1.15 bits per heavy atom. The Balaban J connectivity index is 2.17. The summed E-state index contributed by atoms with van der Waals surface area (Å²) in [6, 6.07) is 16.7. The summed E-state index contributed by atoms with van der Waals surface area (Å²) in [6.07, 6.45) is 0. The molecule has 3 heteroatoms. The Labute approximate surface area is 126 Å². The van der Waals surface area contributed by atoms with Crippen molar-refractivity contribution in [3.05, 3.63) is 70.2 Å². The zero-order valence-corrected chi connectivity index (χ0v) is 12.7. The molecule has 2 atom stereocenters. The van der Waals surface area contributed by atoms with Crippen LogP contribution in [-0.2, 0) is 0 Å². The summed E-state index contributed by atoms with van der Waals surface area (Å²) < 4.78 is 0. The van der Waals surface area contributed by atoms with E-state index in [9.17, 15) is 0 Å². The van der Waals surface area contributed by atoms with Crippen LogP contribution in [0.3, 0.4) is 0 Å². The van der Waals surface area contributed by atoms with Gasteiger partial charge in [0.25, 0.3) is 0 Å². The topological polar surface area (TPSA) is 38.0 Å². The third-order valence-corrected chi connectivity index (χ3v) is 3.83. The smallest absolute Gasteiger partial charge is 0.0451 e.